The van der Waals surface area contributed by atoms with E-state index in [4.69, 9.17) is 14.2 Å². The van der Waals surface area contributed by atoms with Gasteiger partial charge in [0, 0.05) is 16.7 Å². The van der Waals surface area contributed by atoms with Gasteiger partial charge in [-0.25, -0.2) is 0 Å². The summed E-state index contributed by atoms with van der Waals surface area (Å²) in [7, 11) is 0. The van der Waals surface area contributed by atoms with Gasteiger partial charge in [-0.3, -0.25) is 16.3 Å². The fourth-order valence-electron chi connectivity index (χ4n) is 6.32. The van der Waals surface area contributed by atoms with Crippen molar-refractivity contribution in [3.63, 3.8) is 0 Å². The van der Waals surface area contributed by atoms with Crippen molar-refractivity contribution in [3.05, 3.63) is 197 Å². The van der Waals surface area contributed by atoms with Crippen molar-refractivity contribution in [2.75, 3.05) is 0 Å². The van der Waals surface area contributed by atoms with Gasteiger partial charge in [-0.2, -0.15) is 0 Å². The Morgan fingerprint density at radius 3 is 0.828 bits per heavy atom. The third kappa shape index (κ3) is 8.78. The predicted octanol–water partition coefficient (Wildman–Crippen LogP) is 0.449. The average Bonchev–Trinajstić information content (AvgIpc) is 4.08. The Kier molecular flexibility index (Phi) is 13.4. The van der Waals surface area contributed by atoms with Crippen molar-refractivity contribution in [2.45, 2.75) is 17.2 Å². The normalized spacial score (nSPS) is 20.0. The molecule has 0 saturated carbocycles. The van der Waals surface area contributed by atoms with Gasteiger partial charge in [0.2, 0.25) is 17.7 Å². The Hall–Kier alpha value is -8.53. The van der Waals surface area contributed by atoms with Crippen LogP contribution in [0.25, 0.3) is 0 Å². The molecule has 0 aromatic heterocycles. The smallest absolute Gasteiger partial charge is 0.544 e. The van der Waals surface area contributed by atoms with E-state index in [0.717, 1.165) is 0 Å². The third-order valence-corrected chi connectivity index (χ3v) is 9.47. The molecule has 3 aliphatic heterocycles. The minimum absolute atomic E-state index is 0. The van der Waals surface area contributed by atoms with Crippen molar-refractivity contribution in [1.82, 2.24) is 16.3 Å². The number of carbonyl (C=O) groups is 3. The Bertz CT molecular complexity index is 2450. The summed E-state index contributed by atoms with van der Waals surface area (Å²) in [5.74, 6) is -4.96. The molecule has 3 unspecified atom stereocenters. The molecule has 0 bridgehead atoms. The van der Waals surface area contributed by atoms with Gasteiger partial charge in [-0.15, -0.1) is 15.3 Å². The molecular weight excluding hydrogens is 844 g/mol. The number of carbonyl (C=O) groups excluding carboxylic acids is 3. The Morgan fingerprint density at radius 1 is 0.391 bits per heavy atom. The van der Waals surface area contributed by atoms with Crippen LogP contribution in [0.4, 0.5) is 0 Å². The first-order valence-corrected chi connectivity index (χ1v) is 18.7. The maximum atomic E-state index is 11.6. The fraction of sp³-hybridized carbons (Fsp3) is 0.0667. The van der Waals surface area contributed by atoms with Gasteiger partial charge in [0.25, 0.3) is 17.2 Å². The number of hydrogen-bond acceptors (Lipinski definition) is 18. The number of carboxylic acid groups (broad SMARTS) is 3. The monoisotopic (exact) mass is 876 g/mol. The zero-order chi connectivity index (χ0) is 44.6. The van der Waals surface area contributed by atoms with E-state index in [2.05, 4.69) is 31.6 Å². The van der Waals surface area contributed by atoms with Crippen LogP contribution in [0.3, 0.4) is 0 Å². The third-order valence-electron chi connectivity index (χ3n) is 9.47. The summed E-state index contributed by atoms with van der Waals surface area (Å²) in [5.41, 5.74) is 3.05. The Balaban J connectivity index is 0.000000158. The number of aromatic hydroxyl groups is 3. The maximum absolute atomic E-state index is 11.6. The maximum Gasteiger partial charge on any atom is 3.00 e. The first kappa shape index (κ1) is 45.0. The number of nitrogens with zero attached hydrogens (tertiary/aromatic N) is 3. The summed E-state index contributed by atoms with van der Waals surface area (Å²) >= 11 is 0. The Morgan fingerprint density at radius 2 is 0.609 bits per heavy atom. The zero-order valence-electron chi connectivity index (χ0n) is 33.0. The Labute approximate surface area is 374 Å². The van der Waals surface area contributed by atoms with E-state index in [1.807, 2.05) is 18.2 Å². The van der Waals surface area contributed by atoms with E-state index in [-0.39, 0.29) is 69.0 Å². The van der Waals surface area contributed by atoms with Crippen molar-refractivity contribution < 1.29 is 59.2 Å². The summed E-state index contributed by atoms with van der Waals surface area (Å²) in [6.07, 6.45) is 0. The van der Waals surface area contributed by atoms with Gasteiger partial charge >= 0.3 is 17.4 Å². The molecular formula is C45H33AlN6O12. The molecule has 18 nitrogen and oxygen atoms in total. The molecule has 0 radical (unpaired) electrons. The number of phenolic OH excluding ortho intramolecular Hbond substituents is 3. The van der Waals surface area contributed by atoms with E-state index in [9.17, 15) is 45.0 Å². The van der Waals surface area contributed by atoms with Crippen LogP contribution in [0, 0.1) is 0 Å². The number of benzene rings is 6. The number of hydrogen-bond donors (Lipinski definition) is 6. The molecule has 64 heavy (non-hydrogen) atoms. The molecule has 0 amide bonds. The number of carboxylic acids is 3. The standard InChI is InChI=1S/3C15H12N2O4.Al/c3*18-12-9-5-4-8-11(12)15(14(19)20)17-16-13(21-15)10-6-2-1-3-7-10;/h3*1-9,17-18H,(H,19,20);/q;;;+3/p-3. The predicted molar refractivity (Wildman–Crippen MR) is 222 cm³/mol. The van der Waals surface area contributed by atoms with Gasteiger partial charge in [0.05, 0.1) is 16.7 Å². The second kappa shape index (κ2) is 19.0. The topological polar surface area (TPSA) is 282 Å². The summed E-state index contributed by atoms with van der Waals surface area (Å²) in [6.45, 7) is 0. The largest absolute Gasteiger partial charge is 3.00 e. The minimum atomic E-state index is -2.05. The van der Waals surface area contributed by atoms with E-state index < -0.39 is 35.1 Å². The molecule has 19 heteroatoms. The van der Waals surface area contributed by atoms with Crippen LogP contribution in [-0.2, 0) is 45.8 Å². The molecule has 0 aliphatic carbocycles. The van der Waals surface area contributed by atoms with Crippen molar-refractivity contribution in [2.24, 2.45) is 15.3 Å². The minimum Gasteiger partial charge on any atom is -0.544 e. The quantitative estimate of drug-likeness (QED) is 0.108. The first-order valence-electron chi connectivity index (χ1n) is 18.7. The fourth-order valence-corrected chi connectivity index (χ4v) is 6.32. The van der Waals surface area contributed by atoms with Crippen LogP contribution >= 0.6 is 0 Å². The summed E-state index contributed by atoms with van der Waals surface area (Å²) in [6, 6.07) is 44.4. The van der Waals surface area contributed by atoms with E-state index in [1.165, 1.54) is 36.4 Å². The van der Waals surface area contributed by atoms with Gasteiger partial charge in [-0.05, 0) is 72.8 Å². The van der Waals surface area contributed by atoms with E-state index in [0.29, 0.717) is 16.7 Å². The summed E-state index contributed by atoms with van der Waals surface area (Å²) in [4.78, 5) is 34.7. The van der Waals surface area contributed by atoms with Crippen molar-refractivity contribution >= 4 is 53.0 Å². The van der Waals surface area contributed by atoms with Crippen LogP contribution < -0.4 is 31.6 Å². The van der Waals surface area contributed by atoms with Gasteiger partial charge in [0.1, 0.15) is 35.2 Å². The van der Waals surface area contributed by atoms with Crippen molar-refractivity contribution in [3.8, 4) is 17.2 Å². The summed E-state index contributed by atoms with van der Waals surface area (Å²) < 4.78 is 16.4. The molecule has 3 heterocycles. The molecule has 6 N–H and O–H groups in total. The molecule has 3 aliphatic rings. The molecule has 318 valence electrons. The number of para-hydroxylation sites is 3. The van der Waals surface area contributed by atoms with Crippen molar-refractivity contribution in [1.29, 1.82) is 0 Å². The number of nitrogens with one attached hydrogen (secondary N) is 3. The molecule has 6 aromatic carbocycles. The first-order chi connectivity index (χ1) is 30.4. The number of phenols is 3. The van der Waals surface area contributed by atoms with Crippen LogP contribution in [0.2, 0.25) is 0 Å². The number of rotatable bonds is 9. The molecule has 3 atom stereocenters. The second-order valence-electron chi connectivity index (χ2n) is 13.4. The number of aliphatic carboxylic acids is 3. The van der Waals surface area contributed by atoms with Crippen LogP contribution in [0.15, 0.2) is 179 Å². The van der Waals surface area contributed by atoms with Crippen LogP contribution in [0.1, 0.15) is 33.4 Å². The zero-order valence-corrected chi connectivity index (χ0v) is 34.2. The molecule has 6 aromatic rings. The van der Waals surface area contributed by atoms with E-state index >= 15 is 0 Å². The van der Waals surface area contributed by atoms with Crippen LogP contribution in [-0.4, -0.2) is 68.3 Å². The van der Waals surface area contributed by atoms with E-state index in [1.54, 1.807) is 109 Å². The number of hydrazone groups is 3. The average molecular weight is 877 g/mol. The molecule has 0 fully saturated rings. The van der Waals surface area contributed by atoms with Gasteiger partial charge < -0.3 is 59.2 Å². The van der Waals surface area contributed by atoms with Gasteiger partial charge in [0.15, 0.2) is 0 Å². The second-order valence-corrected chi connectivity index (χ2v) is 13.4. The molecule has 0 saturated heterocycles. The molecule has 9 rings (SSSR count). The number of ether oxygens (including phenoxy) is 3. The van der Waals surface area contributed by atoms with Crippen LogP contribution in [0.5, 0.6) is 17.2 Å². The summed E-state index contributed by atoms with van der Waals surface area (Å²) in [5, 5.41) is 76.1. The molecule has 0 spiro atoms. The SMILES string of the molecule is O=C([O-])C1(c2ccccc2O)NN=C(c2ccccc2)O1.O=C([O-])C1(c2ccccc2O)NN=C(c2ccccc2)O1.O=C([O-])C1(c2ccccc2O)NN=C(c2ccccc2)O1.[Al+3]. The van der Waals surface area contributed by atoms with Gasteiger partial charge in [-0.1, -0.05) is 91.0 Å².